The third kappa shape index (κ3) is 40.0. The summed E-state index contributed by atoms with van der Waals surface area (Å²) in [5, 5.41) is 0.407. The molecule has 0 radical (unpaired) electrons. The van der Waals surface area contributed by atoms with Crippen LogP contribution >= 0.6 is 11.6 Å². The Labute approximate surface area is 592 Å². The van der Waals surface area contributed by atoms with E-state index in [-0.39, 0.29) is 24.0 Å². The average Bonchev–Trinajstić information content (AvgIpc) is 0.883. The van der Waals surface area contributed by atoms with Crippen molar-refractivity contribution in [2.75, 3.05) is 95.2 Å². The number of anilines is 1. The van der Waals surface area contributed by atoms with E-state index in [1.165, 1.54) is 28.4 Å². The molecule has 0 aromatic carbocycles. The fraction of sp³-hybridized carbons (Fsp3) is 0.484. The Bertz CT molecular complexity index is 3520. The van der Waals surface area contributed by atoms with Crippen molar-refractivity contribution in [3.05, 3.63) is 123 Å². The van der Waals surface area contributed by atoms with Crippen LogP contribution in [0.2, 0.25) is 5.15 Å². The van der Waals surface area contributed by atoms with Gasteiger partial charge in [0.2, 0.25) is 47.1 Å². The molecule has 101 heavy (non-hydrogen) atoms. The molecule has 0 spiro atoms. The zero-order valence-corrected chi connectivity index (χ0v) is 62.9. The Hall–Kier alpha value is -10.8. The van der Waals surface area contributed by atoms with Crippen molar-refractivity contribution in [3.8, 4) is 65.2 Å². The van der Waals surface area contributed by atoms with Crippen LogP contribution < -0.4 is 57.0 Å². The predicted molar refractivity (Wildman–Crippen MR) is 368 cm³/mol. The van der Waals surface area contributed by atoms with Crippen LogP contribution in [0.5, 0.6) is 65.2 Å². The lowest BCUT2D eigenvalue weighted by Crippen LogP contribution is -2.21. The van der Waals surface area contributed by atoms with Gasteiger partial charge < -0.3 is 57.0 Å². The first-order valence-electron chi connectivity index (χ1n) is 30.5. The van der Waals surface area contributed by atoms with Gasteiger partial charge in [0.1, 0.15) is 63.4 Å². The summed E-state index contributed by atoms with van der Waals surface area (Å²) < 4.78 is 89.8. The van der Waals surface area contributed by atoms with Gasteiger partial charge in [0.05, 0.1) is 81.7 Å². The number of rotatable bonds is 16. The molecule has 0 N–H and O–H groups in total. The molecule has 0 bridgehead atoms. The van der Waals surface area contributed by atoms with Crippen molar-refractivity contribution in [2.24, 2.45) is 0 Å². The first-order chi connectivity index (χ1) is 47.6. The van der Waals surface area contributed by atoms with Crippen LogP contribution in [0.15, 0.2) is 36.4 Å². The molecule has 0 amide bonds. The van der Waals surface area contributed by atoms with Gasteiger partial charge in [-0.25, -0.2) is 29.9 Å². The third-order valence-corrected chi connectivity index (χ3v) is 10.8. The minimum atomic E-state index is -4.40. The summed E-state index contributed by atoms with van der Waals surface area (Å²) in [4.78, 5) is 84.7. The normalized spacial score (nSPS) is 9.84. The van der Waals surface area contributed by atoms with E-state index in [0.29, 0.717) is 113 Å². The largest absolute Gasteiger partial charge is 0.481 e. The lowest BCUT2D eigenvalue weighted by molar-refractivity contribution is -0.154. The summed E-state index contributed by atoms with van der Waals surface area (Å²) in [6.45, 7) is 31.8. The van der Waals surface area contributed by atoms with Crippen LogP contribution in [0, 0.1) is 96.9 Å². The van der Waals surface area contributed by atoms with Gasteiger partial charge in [-0.3, -0.25) is 0 Å². The maximum atomic E-state index is 11.9. The van der Waals surface area contributed by atoms with Crippen molar-refractivity contribution in [2.45, 2.75) is 124 Å². The Morgan fingerprint density at radius 2 is 0.574 bits per heavy atom. The first kappa shape index (κ1) is 88.2. The highest BCUT2D eigenvalue weighted by atomic mass is 35.5. The Morgan fingerprint density at radius 1 is 0.297 bits per heavy atom. The zero-order valence-electron chi connectivity index (χ0n) is 62.1. The van der Waals surface area contributed by atoms with E-state index in [0.717, 1.165) is 40.2 Å². The monoisotopic (exact) mass is 1440 g/mol. The summed E-state index contributed by atoms with van der Waals surface area (Å²) in [5.74, 6) is 10.8. The second kappa shape index (κ2) is 47.2. The van der Waals surface area contributed by atoms with Gasteiger partial charge in [0.15, 0.2) is 6.61 Å². The molecule has 0 unspecified atom stereocenters. The molecule has 552 valence electrons. The number of halogens is 4. The maximum Gasteiger partial charge on any atom is 0.422 e. The molecule has 0 saturated heterocycles. The molecule has 33 nitrogen and oxygen atoms in total. The molecule has 0 fully saturated rings. The standard InChI is InChI=1S/C9H14N2O2.C8H11F3N4O.C8H12N2O.C7H10N2O2.C7H10N2O.C7H10N2.C6H7ClN2O.C6H9N3O2.C6H9N3O/c1-4-12-8-6-9(13-5-2)11-7(3)10-8;1-5-12-6(15(2)3)14-7(13-5)16-4-8(9,10)11;1-4-11-8-5-6(2)9-7(3)10-8;1-5-8-6(10-2)4-7(9-5)11-3;1-5-4-7(10-3)9-6(2)8-5;1-5-4-6(2)9-7(3)8-5;1-4-8-5(7)3-6(9-4)10-2;1-4-7-5(10-2)9-6(8-4)11-3;1-4-7-5(2)9-6(8-4)10-3/h6H,4-5H2,1-3H3;4H2,1-3H3;5H,4H2,1-3H3;4H,1-3H3;4H,1-3H3;4H,1-3H3;3H,1-2H3;1-3H3;1-3H3. The minimum Gasteiger partial charge on any atom is -0.481 e. The number of aromatic nitrogens is 21. The SMILES string of the molecule is CCOc1cc(C)nc(C)n1.CCOc1cc(OCC)nc(C)n1.COc1cc(C)nc(C)n1.COc1cc(Cl)nc(C)n1.COc1cc(OC)nc(C)n1.COc1nc(C)nc(C)n1.COc1nc(C)nc(OC)n1.Cc1cc(C)nc(C)n1.Cc1nc(OCC(F)(F)F)nc(N(C)C)n1. The lowest BCUT2D eigenvalue weighted by Gasteiger charge is -2.12. The summed E-state index contributed by atoms with van der Waals surface area (Å²) in [7, 11) is 14.1. The fourth-order valence-corrected chi connectivity index (χ4v) is 7.25. The highest BCUT2D eigenvalue weighted by molar-refractivity contribution is 6.29. The Morgan fingerprint density at radius 3 is 0.921 bits per heavy atom. The molecule has 0 atom stereocenters. The fourth-order valence-electron chi connectivity index (χ4n) is 7.03. The summed E-state index contributed by atoms with van der Waals surface area (Å²) >= 11 is 5.60. The van der Waals surface area contributed by atoms with Gasteiger partial charge in [0.25, 0.3) is 0 Å². The van der Waals surface area contributed by atoms with E-state index in [2.05, 4.69) is 109 Å². The van der Waals surface area contributed by atoms with Crippen LogP contribution in [0.25, 0.3) is 0 Å². The predicted octanol–water partition coefficient (Wildman–Crippen LogP) is 9.71. The molecule has 0 saturated carbocycles. The van der Waals surface area contributed by atoms with E-state index >= 15 is 0 Å². The summed E-state index contributed by atoms with van der Waals surface area (Å²) in [5.41, 5.74) is 3.96. The lowest BCUT2D eigenvalue weighted by atomic mass is 10.3. The van der Waals surface area contributed by atoms with Crippen molar-refractivity contribution < 1.29 is 65.3 Å². The highest BCUT2D eigenvalue weighted by Gasteiger charge is 2.29. The minimum absolute atomic E-state index is 0.254. The van der Waals surface area contributed by atoms with Crippen LogP contribution in [0.1, 0.15) is 102 Å². The molecular formula is C64H92ClF3N22O11. The molecule has 37 heteroatoms. The number of alkyl halides is 3. The number of ether oxygens (including phenoxy) is 11. The summed E-state index contributed by atoms with van der Waals surface area (Å²) in [6, 6.07) is 11.1. The Kier molecular flexibility index (Phi) is 41.2. The van der Waals surface area contributed by atoms with Crippen molar-refractivity contribution >= 4 is 17.5 Å². The molecular weight excluding hydrogens is 1350 g/mol. The van der Waals surface area contributed by atoms with Gasteiger partial charge in [0, 0.05) is 55.1 Å². The van der Waals surface area contributed by atoms with E-state index in [1.807, 2.05) is 88.3 Å². The molecule has 0 aliphatic rings. The van der Waals surface area contributed by atoms with E-state index in [9.17, 15) is 13.2 Å². The van der Waals surface area contributed by atoms with Crippen LogP contribution in [0.4, 0.5) is 19.1 Å². The van der Waals surface area contributed by atoms with Crippen molar-refractivity contribution in [1.29, 1.82) is 0 Å². The van der Waals surface area contributed by atoms with Gasteiger partial charge >= 0.3 is 30.2 Å². The van der Waals surface area contributed by atoms with E-state index in [4.69, 9.17) is 59.0 Å². The number of hydrogen-bond donors (Lipinski definition) is 0. The quantitative estimate of drug-likeness (QED) is 0.0812. The van der Waals surface area contributed by atoms with Gasteiger partial charge in [-0.05, 0) is 124 Å². The van der Waals surface area contributed by atoms with Gasteiger partial charge in [-0.15, -0.1) is 4.98 Å². The second-order valence-electron chi connectivity index (χ2n) is 19.9. The highest BCUT2D eigenvalue weighted by Crippen LogP contribution is 2.19. The van der Waals surface area contributed by atoms with Crippen molar-refractivity contribution in [1.82, 2.24) is 105 Å². The Balaban J connectivity index is 0.000000571. The molecule has 9 rings (SSSR count). The smallest absolute Gasteiger partial charge is 0.422 e. The molecule has 0 aliphatic heterocycles. The van der Waals surface area contributed by atoms with E-state index < -0.39 is 12.8 Å². The van der Waals surface area contributed by atoms with Gasteiger partial charge in [-0.1, -0.05) is 11.6 Å². The molecule has 9 heterocycles. The van der Waals surface area contributed by atoms with Crippen molar-refractivity contribution in [3.63, 3.8) is 0 Å². The topological polar surface area (TPSA) is 375 Å². The van der Waals surface area contributed by atoms with Gasteiger partial charge in [-0.2, -0.15) is 82.9 Å². The van der Waals surface area contributed by atoms with Crippen LogP contribution in [-0.2, 0) is 0 Å². The number of aryl methyl sites for hydroxylation is 14. The van der Waals surface area contributed by atoms with Crippen LogP contribution in [-0.4, -0.2) is 201 Å². The van der Waals surface area contributed by atoms with E-state index in [1.54, 1.807) is 106 Å². The third-order valence-electron chi connectivity index (χ3n) is 10.6. The summed E-state index contributed by atoms with van der Waals surface area (Å²) in [6.07, 6.45) is -4.40. The van der Waals surface area contributed by atoms with Crippen LogP contribution in [0.3, 0.4) is 0 Å². The molecule has 9 aromatic rings. The maximum absolute atomic E-state index is 11.9. The molecule has 9 aromatic heterocycles. The number of methoxy groups -OCH3 is 7. The first-order valence-corrected chi connectivity index (χ1v) is 30.8. The second-order valence-corrected chi connectivity index (χ2v) is 20.3. The zero-order chi connectivity index (χ0) is 76.4. The average molecular weight is 1440 g/mol. The number of nitrogens with zero attached hydrogens (tertiary/aromatic N) is 22. The molecule has 0 aliphatic carbocycles. The number of hydrogen-bond acceptors (Lipinski definition) is 33.